The second-order valence-corrected chi connectivity index (χ2v) is 9.77. The molecule has 0 amide bonds. The summed E-state index contributed by atoms with van der Waals surface area (Å²) in [4.78, 5) is 28.9. The van der Waals surface area contributed by atoms with Gasteiger partial charge in [0, 0.05) is 38.9 Å². The molecular weight excluding hydrogens is 432 g/mol. The molecule has 9 nitrogen and oxygen atoms in total. The van der Waals surface area contributed by atoms with E-state index in [9.17, 15) is 18.0 Å². The van der Waals surface area contributed by atoms with Crippen molar-refractivity contribution in [1.82, 2.24) is 18.4 Å². The average Bonchev–Trinajstić information content (AvgIpc) is 3.16. The molecular formula is C22H26N4O5S. The molecule has 4 rings (SSSR count). The number of ether oxygens (including phenoxy) is 1. The number of hydrogen-bond acceptors (Lipinski definition) is 6. The number of carbonyl (C=O) groups is 1. The molecule has 32 heavy (non-hydrogen) atoms. The summed E-state index contributed by atoms with van der Waals surface area (Å²) < 4.78 is 36.2. The summed E-state index contributed by atoms with van der Waals surface area (Å²) in [5.41, 5.74) is 1.17. The van der Waals surface area contributed by atoms with Crippen LogP contribution in [0.1, 0.15) is 42.4 Å². The van der Waals surface area contributed by atoms with Gasteiger partial charge in [-0.05, 0) is 44.0 Å². The smallest absolute Gasteiger partial charge is 0.338 e. The summed E-state index contributed by atoms with van der Waals surface area (Å²) in [6.45, 7) is 3.49. The van der Waals surface area contributed by atoms with Gasteiger partial charge in [-0.1, -0.05) is 6.42 Å². The number of sulfonamides is 1. The first-order valence-corrected chi connectivity index (χ1v) is 12.1. The lowest BCUT2D eigenvalue weighted by atomic mass is 10.2. The highest BCUT2D eigenvalue weighted by Crippen LogP contribution is 2.25. The van der Waals surface area contributed by atoms with Gasteiger partial charge in [-0.15, -0.1) is 0 Å². The van der Waals surface area contributed by atoms with Gasteiger partial charge in [0.1, 0.15) is 12.4 Å². The quantitative estimate of drug-likeness (QED) is 0.525. The van der Waals surface area contributed by atoms with E-state index in [1.54, 1.807) is 25.2 Å². The third kappa shape index (κ3) is 4.20. The molecule has 0 spiro atoms. The van der Waals surface area contributed by atoms with Crippen molar-refractivity contribution in [2.24, 2.45) is 7.05 Å². The van der Waals surface area contributed by atoms with E-state index in [0.717, 1.165) is 24.8 Å². The highest BCUT2D eigenvalue weighted by atomic mass is 32.2. The van der Waals surface area contributed by atoms with Gasteiger partial charge >= 0.3 is 5.97 Å². The van der Waals surface area contributed by atoms with Gasteiger partial charge in [0.05, 0.1) is 21.5 Å². The molecule has 3 heterocycles. The zero-order valence-electron chi connectivity index (χ0n) is 18.2. The summed E-state index contributed by atoms with van der Waals surface area (Å²) in [5, 5.41) is 0. The Morgan fingerprint density at radius 1 is 1.12 bits per heavy atom. The van der Waals surface area contributed by atoms with Crippen LogP contribution in [-0.4, -0.2) is 45.9 Å². The molecule has 1 fully saturated rings. The Kier molecular flexibility index (Phi) is 6.16. The number of aromatic nitrogens is 3. The van der Waals surface area contributed by atoms with Crippen LogP contribution in [0.5, 0.6) is 0 Å². The van der Waals surface area contributed by atoms with Crippen LogP contribution >= 0.6 is 0 Å². The molecule has 0 unspecified atom stereocenters. The maximum Gasteiger partial charge on any atom is 0.338 e. The van der Waals surface area contributed by atoms with E-state index < -0.39 is 16.0 Å². The van der Waals surface area contributed by atoms with Gasteiger partial charge < -0.3 is 13.9 Å². The van der Waals surface area contributed by atoms with E-state index in [-0.39, 0.29) is 22.6 Å². The van der Waals surface area contributed by atoms with E-state index >= 15 is 0 Å². The molecule has 0 bridgehead atoms. The first-order valence-electron chi connectivity index (χ1n) is 10.6. The maximum absolute atomic E-state index is 13.0. The zero-order chi connectivity index (χ0) is 22.9. The predicted molar refractivity (Wildman–Crippen MR) is 119 cm³/mol. The number of benzene rings is 1. The fourth-order valence-corrected chi connectivity index (χ4v) is 5.46. The Bertz CT molecular complexity index is 1320. The average molecular weight is 459 g/mol. The molecule has 10 heteroatoms. The molecule has 0 atom stereocenters. The van der Waals surface area contributed by atoms with E-state index in [1.165, 1.54) is 27.2 Å². The molecule has 1 aliphatic heterocycles. The van der Waals surface area contributed by atoms with E-state index in [1.807, 2.05) is 11.5 Å². The minimum absolute atomic E-state index is 0.0925. The van der Waals surface area contributed by atoms with Crippen molar-refractivity contribution >= 4 is 27.0 Å². The van der Waals surface area contributed by atoms with Gasteiger partial charge in [-0.2, -0.15) is 4.31 Å². The summed E-state index contributed by atoms with van der Waals surface area (Å²) >= 11 is 0. The number of rotatable bonds is 6. The number of pyridine rings is 1. The van der Waals surface area contributed by atoms with Crippen molar-refractivity contribution in [2.45, 2.75) is 44.2 Å². The number of hydrogen-bond donors (Lipinski definition) is 0. The van der Waals surface area contributed by atoms with E-state index in [0.29, 0.717) is 31.0 Å². The number of fused-ring (bicyclic) bond motifs is 1. The second-order valence-electron chi connectivity index (χ2n) is 7.83. The number of carbonyl (C=O) groups excluding carboxylic acids is 1. The summed E-state index contributed by atoms with van der Waals surface area (Å²) in [6.07, 6.45) is 4.29. The van der Waals surface area contributed by atoms with Crippen LogP contribution < -0.4 is 5.56 Å². The summed E-state index contributed by atoms with van der Waals surface area (Å²) in [6, 6.07) is 7.68. The van der Waals surface area contributed by atoms with Gasteiger partial charge in [0.25, 0.3) is 5.56 Å². The van der Waals surface area contributed by atoms with Crippen molar-refractivity contribution in [3.63, 3.8) is 0 Å². The zero-order valence-corrected chi connectivity index (χ0v) is 19.0. The fourth-order valence-electron chi connectivity index (χ4n) is 3.93. The van der Waals surface area contributed by atoms with Crippen LogP contribution in [-0.2, 0) is 35.0 Å². The predicted octanol–water partition coefficient (Wildman–Crippen LogP) is 2.29. The van der Waals surface area contributed by atoms with Crippen LogP contribution in [0.4, 0.5) is 0 Å². The first-order chi connectivity index (χ1) is 15.3. The third-order valence-corrected chi connectivity index (χ3v) is 7.63. The lowest BCUT2D eigenvalue weighted by Crippen LogP contribution is -2.35. The molecule has 1 aliphatic rings. The molecule has 1 saturated heterocycles. The standard InChI is InChI=1S/C22H26N4O5S/c1-3-26-19-8-7-17(32(29,30)25-10-5-4-6-11-25)14-18(19)23-20(26)15-31-22(28)16-9-12-24(2)21(27)13-16/h7-9,12-14H,3-6,10-11,15H2,1-2H3. The van der Waals surface area contributed by atoms with E-state index in [4.69, 9.17) is 4.74 Å². The summed E-state index contributed by atoms with van der Waals surface area (Å²) in [7, 11) is -1.97. The Morgan fingerprint density at radius 2 is 1.88 bits per heavy atom. The van der Waals surface area contributed by atoms with Crippen LogP contribution in [0.3, 0.4) is 0 Å². The van der Waals surface area contributed by atoms with Gasteiger partial charge in [0.2, 0.25) is 10.0 Å². The number of nitrogens with zero attached hydrogens (tertiary/aromatic N) is 4. The van der Waals surface area contributed by atoms with Crippen molar-refractivity contribution in [2.75, 3.05) is 13.1 Å². The van der Waals surface area contributed by atoms with Gasteiger partial charge in [-0.3, -0.25) is 4.79 Å². The van der Waals surface area contributed by atoms with Crippen LogP contribution in [0.15, 0.2) is 46.2 Å². The lowest BCUT2D eigenvalue weighted by molar-refractivity contribution is 0.0458. The van der Waals surface area contributed by atoms with Crippen LogP contribution in [0.25, 0.3) is 11.0 Å². The largest absolute Gasteiger partial charge is 0.454 e. The topological polar surface area (TPSA) is 103 Å². The SMILES string of the molecule is CCn1c(COC(=O)c2ccn(C)c(=O)c2)nc2cc(S(=O)(=O)N3CCCCC3)ccc21. The van der Waals surface area contributed by atoms with Crippen LogP contribution in [0, 0.1) is 0 Å². The molecule has 0 aliphatic carbocycles. The second kappa shape index (κ2) is 8.87. The normalized spacial score (nSPS) is 15.2. The molecule has 170 valence electrons. The Hall–Kier alpha value is -2.98. The number of piperidine rings is 1. The minimum atomic E-state index is -3.57. The molecule has 1 aromatic carbocycles. The van der Waals surface area contributed by atoms with Gasteiger partial charge in [-0.25, -0.2) is 18.2 Å². The summed E-state index contributed by atoms with van der Waals surface area (Å²) in [5.74, 6) is -0.113. The molecule has 0 radical (unpaired) electrons. The Labute approximate surface area is 186 Å². The van der Waals surface area contributed by atoms with Crippen LogP contribution in [0.2, 0.25) is 0 Å². The van der Waals surface area contributed by atoms with E-state index in [2.05, 4.69) is 4.98 Å². The molecule has 0 saturated carbocycles. The number of esters is 1. The molecule has 3 aromatic rings. The maximum atomic E-state index is 13.0. The molecule has 2 aromatic heterocycles. The van der Waals surface area contributed by atoms with Crippen molar-refractivity contribution in [3.8, 4) is 0 Å². The van der Waals surface area contributed by atoms with Crippen molar-refractivity contribution < 1.29 is 17.9 Å². The molecule has 0 N–H and O–H groups in total. The number of imidazole rings is 1. The Balaban J connectivity index is 1.59. The van der Waals surface area contributed by atoms with Crippen molar-refractivity contribution in [3.05, 3.63) is 58.3 Å². The fraction of sp³-hybridized carbons (Fsp3) is 0.409. The third-order valence-electron chi connectivity index (χ3n) is 5.74. The monoisotopic (exact) mass is 458 g/mol. The minimum Gasteiger partial charge on any atom is -0.454 e. The first kappa shape index (κ1) is 22.2. The van der Waals surface area contributed by atoms with Gasteiger partial charge in [0.15, 0.2) is 0 Å². The lowest BCUT2D eigenvalue weighted by Gasteiger charge is -2.25. The number of aryl methyl sites for hydroxylation is 2. The highest BCUT2D eigenvalue weighted by molar-refractivity contribution is 7.89. The Morgan fingerprint density at radius 3 is 2.56 bits per heavy atom. The highest BCUT2D eigenvalue weighted by Gasteiger charge is 2.26. The van der Waals surface area contributed by atoms with Crippen molar-refractivity contribution in [1.29, 1.82) is 0 Å².